The van der Waals surface area contributed by atoms with Crippen LogP contribution in [0.5, 0.6) is 0 Å². The molecular weight excluding hydrogens is 426 g/mol. The van der Waals surface area contributed by atoms with Crippen LogP contribution < -0.4 is 10.0 Å². The van der Waals surface area contributed by atoms with Crippen LogP contribution in [0.15, 0.2) is 70.9 Å². The number of hydrogen-bond acceptors (Lipinski definition) is 6. The highest BCUT2D eigenvalue weighted by molar-refractivity contribution is 7.89. The van der Waals surface area contributed by atoms with Crippen LogP contribution in [-0.2, 0) is 23.0 Å². The molecule has 3 rings (SSSR count). The van der Waals surface area contributed by atoms with Gasteiger partial charge in [-0.3, -0.25) is 14.9 Å². The lowest BCUT2D eigenvalue weighted by Gasteiger charge is -2.09. The van der Waals surface area contributed by atoms with Gasteiger partial charge in [-0.2, -0.15) is 0 Å². The number of carbonyl (C=O) groups excluding carboxylic acids is 1. The summed E-state index contributed by atoms with van der Waals surface area (Å²) in [6.07, 6.45) is 0.490. The number of hydrogen-bond donors (Lipinski definition) is 2. The van der Waals surface area contributed by atoms with Gasteiger partial charge in [0.15, 0.2) is 0 Å². The van der Waals surface area contributed by atoms with Gasteiger partial charge in [-0.25, -0.2) is 13.1 Å². The summed E-state index contributed by atoms with van der Waals surface area (Å²) in [5.74, 6) is -0.396. The zero-order valence-electron chi connectivity index (χ0n) is 15.8. The van der Waals surface area contributed by atoms with Crippen LogP contribution in [0.25, 0.3) is 0 Å². The lowest BCUT2D eigenvalue weighted by atomic mass is 10.1. The maximum Gasteiger partial charge on any atom is 0.269 e. The van der Waals surface area contributed by atoms with Gasteiger partial charge < -0.3 is 5.32 Å². The molecule has 0 aliphatic carbocycles. The molecule has 8 nitrogen and oxygen atoms in total. The van der Waals surface area contributed by atoms with Crippen molar-refractivity contribution in [2.24, 2.45) is 0 Å². The monoisotopic (exact) mass is 445 g/mol. The van der Waals surface area contributed by atoms with Crippen molar-refractivity contribution in [2.75, 3.05) is 6.54 Å². The number of thiophene rings is 1. The minimum Gasteiger partial charge on any atom is -0.352 e. The van der Waals surface area contributed by atoms with Crippen LogP contribution in [0.2, 0.25) is 0 Å². The Morgan fingerprint density at radius 3 is 2.50 bits per heavy atom. The van der Waals surface area contributed by atoms with Crippen LogP contribution in [0.3, 0.4) is 0 Å². The Kier molecular flexibility index (Phi) is 6.93. The third-order valence-electron chi connectivity index (χ3n) is 4.27. The van der Waals surface area contributed by atoms with Gasteiger partial charge in [-0.1, -0.05) is 24.3 Å². The number of nitrogens with zero attached hydrogens (tertiary/aromatic N) is 1. The quantitative estimate of drug-likeness (QED) is 0.388. The van der Waals surface area contributed by atoms with Gasteiger partial charge in [0.05, 0.1) is 9.82 Å². The second-order valence-corrected chi connectivity index (χ2v) is 9.16. The van der Waals surface area contributed by atoms with Crippen LogP contribution in [0.1, 0.15) is 20.8 Å². The van der Waals surface area contributed by atoms with Crippen molar-refractivity contribution in [3.63, 3.8) is 0 Å². The van der Waals surface area contributed by atoms with E-state index in [1.54, 1.807) is 18.2 Å². The van der Waals surface area contributed by atoms with Crippen molar-refractivity contribution in [1.29, 1.82) is 0 Å². The molecule has 0 unspecified atom stereocenters. The number of rotatable bonds is 9. The Morgan fingerprint density at radius 1 is 1.07 bits per heavy atom. The molecule has 30 heavy (non-hydrogen) atoms. The van der Waals surface area contributed by atoms with E-state index < -0.39 is 20.9 Å². The van der Waals surface area contributed by atoms with Crippen LogP contribution in [0, 0.1) is 10.1 Å². The molecular formula is C20H19N3O5S2. The van der Waals surface area contributed by atoms with E-state index in [9.17, 15) is 23.3 Å². The number of non-ortho nitro benzene ring substituents is 1. The number of sulfonamides is 1. The van der Waals surface area contributed by atoms with Gasteiger partial charge in [0.1, 0.15) is 0 Å². The second kappa shape index (κ2) is 9.61. The first kappa shape index (κ1) is 21.6. The topological polar surface area (TPSA) is 118 Å². The number of nitro benzene ring substituents is 1. The van der Waals surface area contributed by atoms with Gasteiger partial charge in [-0.05, 0) is 41.6 Å². The minimum absolute atomic E-state index is 0.00787. The number of amides is 1. The SMILES string of the molecule is O=C(NCCc1ccc([N+](=O)[O-])cc1)c1cccc(S(=O)(=O)NCc2cccs2)c1. The van der Waals surface area contributed by atoms with E-state index in [0.717, 1.165) is 10.4 Å². The average molecular weight is 446 g/mol. The van der Waals surface area contributed by atoms with Gasteiger partial charge in [-0.15, -0.1) is 11.3 Å². The van der Waals surface area contributed by atoms with Crippen molar-refractivity contribution in [3.05, 3.63) is 92.2 Å². The molecule has 3 aromatic rings. The normalized spacial score (nSPS) is 11.2. The van der Waals surface area contributed by atoms with Gasteiger partial charge >= 0.3 is 0 Å². The first-order valence-electron chi connectivity index (χ1n) is 8.99. The largest absolute Gasteiger partial charge is 0.352 e. The predicted molar refractivity (Wildman–Crippen MR) is 114 cm³/mol. The lowest BCUT2D eigenvalue weighted by molar-refractivity contribution is -0.384. The summed E-state index contributed by atoms with van der Waals surface area (Å²) in [7, 11) is -3.75. The molecule has 0 radical (unpaired) electrons. The summed E-state index contributed by atoms with van der Waals surface area (Å²) in [4.78, 5) is 23.5. The van der Waals surface area contributed by atoms with E-state index in [2.05, 4.69) is 10.0 Å². The Bertz CT molecular complexity index is 1130. The van der Waals surface area contributed by atoms with Crippen LogP contribution >= 0.6 is 11.3 Å². The fraction of sp³-hybridized carbons (Fsp3) is 0.150. The number of nitro groups is 1. The predicted octanol–water partition coefficient (Wildman–Crippen LogP) is 3.11. The van der Waals surface area contributed by atoms with Gasteiger partial charge in [0, 0.05) is 35.7 Å². The Labute approximate surface area is 177 Å². The molecule has 0 atom stereocenters. The summed E-state index contributed by atoms with van der Waals surface area (Å²) in [5.41, 5.74) is 1.08. The zero-order valence-corrected chi connectivity index (χ0v) is 17.4. The number of nitrogens with one attached hydrogen (secondary N) is 2. The van der Waals surface area contributed by atoms with Gasteiger partial charge in [0.2, 0.25) is 10.0 Å². The molecule has 1 heterocycles. The summed E-state index contributed by atoms with van der Waals surface area (Å²) in [5, 5.41) is 15.3. The van der Waals surface area contributed by atoms with E-state index in [4.69, 9.17) is 0 Å². The maximum absolute atomic E-state index is 12.5. The highest BCUT2D eigenvalue weighted by Crippen LogP contribution is 2.15. The molecule has 0 saturated heterocycles. The fourth-order valence-electron chi connectivity index (χ4n) is 2.67. The molecule has 0 aliphatic heterocycles. The summed E-state index contributed by atoms with van der Waals surface area (Å²) >= 11 is 1.45. The highest BCUT2D eigenvalue weighted by atomic mass is 32.2. The van der Waals surface area contributed by atoms with E-state index >= 15 is 0 Å². The van der Waals surface area contributed by atoms with Crippen LogP contribution in [-0.4, -0.2) is 25.8 Å². The zero-order chi connectivity index (χ0) is 21.6. The molecule has 0 bridgehead atoms. The minimum atomic E-state index is -3.75. The smallest absolute Gasteiger partial charge is 0.269 e. The van der Waals surface area contributed by atoms with E-state index in [0.29, 0.717) is 13.0 Å². The Morgan fingerprint density at radius 2 is 1.83 bits per heavy atom. The van der Waals surface area contributed by atoms with Crippen molar-refractivity contribution >= 4 is 33.0 Å². The first-order chi connectivity index (χ1) is 14.3. The third kappa shape index (κ3) is 5.72. The molecule has 156 valence electrons. The standard InChI is InChI=1S/C20H19N3O5S2/c24-20(21-11-10-15-6-8-17(9-7-15)23(25)26)16-3-1-5-19(13-16)30(27,28)22-14-18-4-2-12-29-18/h1-9,12-13,22H,10-11,14H2,(H,21,24). The molecule has 1 aromatic heterocycles. The first-order valence-corrected chi connectivity index (χ1v) is 11.3. The van der Waals surface area contributed by atoms with E-state index in [-0.39, 0.29) is 22.7 Å². The van der Waals surface area contributed by atoms with Crippen molar-refractivity contribution in [1.82, 2.24) is 10.0 Å². The molecule has 2 aromatic carbocycles. The van der Waals surface area contributed by atoms with Crippen LogP contribution in [0.4, 0.5) is 5.69 Å². The van der Waals surface area contributed by atoms with E-state index in [1.807, 2.05) is 17.5 Å². The molecule has 0 saturated carbocycles. The molecule has 0 fully saturated rings. The fourth-order valence-corrected chi connectivity index (χ4v) is 4.46. The number of carbonyl (C=O) groups is 1. The molecule has 1 amide bonds. The van der Waals surface area contributed by atoms with Crippen molar-refractivity contribution < 1.29 is 18.1 Å². The van der Waals surface area contributed by atoms with Gasteiger partial charge in [0.25, 0.3) is 11.6 Å². The van der Waals surface area contributed by atoms with Crippen molar-refractivity contribution in [3.8, 4) is 0 Å². The third-order valence-corrected chi connectivity index (χ3v) is 6.54. The molecule has 10 heteroatoms. The summed E-state index contributed by atoms with van der Waals surface area (Å²) < 4.78 is 27.5. The average Bonchev–Trinajstić information content (AvgIpc) is 3.26. The molecule has 2 N–H and O–H groups in total. The summed E-state index contributed by atoms with van der Waals surface area (Å²) in [6.45, 7) is 0.496. The summed E-state index contributed by atoms with van der Waals surface area (Å²) in [6, 6.07) is 15.6. The highest BCUT2D eigenvalue weighted by Gasteiger charge is 2.16. The second-order valence-electron chi connectivity index (χ2n) is 6.36. The molecule has 0 spiro atoms. The maximum atomic E-state index is 12.5. The Hall–Kier alpha value is -3.08. The van der Waals surface area contributed by atoms with Crippen molar-refractivity contribution in [2.45, 2.75) is 17.9 Å². The molecule has 0 aliphatic rings. The Balaban J connectivity index is 1.57. The number of benzene rings is 2. The van der Waals surface area contributed by atoms with E-state index in [1.165, 1.54) is 41.7 Å². The lowest BCUT2D eigenvalue weighted by Crippen LogP contribution is -2.27.